The minimum Gasteiger partial charge on any atom is -0.411 e. The molecular weight excluding hydrogens is 290 g/mol. The second-order valence-corrected chi connectivity index (χ2v) is 6.20. The number of rotatable bonds is 4. The Morgan fingerprint density at radius 1 is 1.58 bits per heavy atom. The fourth-order valence-electron chi connectivity index (χ4n) is 1.32. The van der Waals surface area contributed by atoms with Crippen molar-refractivity contribution >= 4 is 32.2 Å². The van der Waals surface area contributed by atoms with Gasteiger partial charge in [-0.25, -0.2) is 13.4 Å². The van der Waals surface area contributed by atoms with Gasteiger partial charge in [-0.3, -0.25) is 9.82 Å². The Balaban J connectivity index is 2.27. The van der Waals surface area contributed by atoms with Crippen molar-refractivity contribution < 1.29 is 13.6 Å². The minimum absolute atomic E-state index is 0.0665. The summed E-state index contributed by atoms with van der Waals surface area (Å²) in [6.07, 6.45) is 1.23. The van der Waals surface area contributed by atoms with Gasteiger partial charge in [0.25, 0.3) is 10.0 Å². The van der Waals surface area contributed by atoms with Crippen molar-refractivity contribution in [2.24, 2.45) is 5.16 Å². The van der Waals surface area contributed by atoms with Gasteiger partial charge in [0.1, 0.15) is 16.3 Å². The van der Waals surface area contributed by atoms with E-state index in [1.165, 1.54) is 6.20 Å². The molecule has 0 bridgehead atoms. The lowest BCUT2D eigenvalue weighted by molar-refractivity contribution is 0.319. The molecule has 102 valence electrons. The molecule has 0 spiro atoms. The number of oxime groups is 1. The molecule has 3 N–H and O–H groups in total. The lowest BCUT2D eigenvalue weighted by atomic mass is 10.3. The number of nitrogens with zero attached hydrogens (tertiary/aromatic N) is 3. The quantitative estimate of drug-likeness (QED) is 0.445. The first kappa shape index (κ1) is 13.5. The molecule has 0 aliphatic heterocycles. The summed E-state index contributed by atoms with van der Waals surface area (Å²) in [5.41, 5.74) is 1.16. The summed E-state index contributed by atoms with van der Waals surface area (Å²) in [5, 5.41) is 19.6. The van der Waals surface area contributed by atoms with Crippen LogP contribution in [0, 0.1) is 6.92 Å². The molecule has 0 radical (unpaired) electrons. The number of nitrogens with one attached hydrogen (secondary N) is 2. The van der Waals surface area contributed by atoms with E-state index in [0.717, 1.165) is 11.3 Å². The molecule has 19 heavy (non-hydrogen) atoms. The van der Waals surface area contributed by atoms with Gasteiger partial charge in [-0.15, -0.1) is 11.3 Å². The zero-order valence-electron chi connectivity index (χ0n) is 10.1. The maximum absolute atomic E-state index is 12.0. The fourth-order valence-corrected chi connectivity index (χ4v) is 3.46. The normalized spacial score (nSPS) is 12.6. The summed E-state index contributed by atoms with van der Waals surface area (Å²) in [5.74, 6) is 0. The highest BCUT2D eigenvalue weighted by Gasteiger charge is 2.20. The van der Waals surface area contributed by atoms with Gasteiger partial charge in [0.15, 0.2) is 5.13 Å². The van der Waals surface area contributed by atoms with Crippen LogP contribution in [0.2, 0.25) is 0 Å². The first-order valence-corrected chi connectivity index (χ1v) is 7.47. The van der Waals surface area contributed by atoms with Gasteiger partial charge in [-0.2, -0.15) is 5.10 Å². The third-order valence-corrected chi connectivity index (χ3v) is 4.66. The minimum atomic E-state index is -3.72. The van der Waals surface area contributed by atoms with E-state index in [2.05, 4.69) is 25.1 Å². The van der Waals surface area contributed by atoms with Crippen LogP contribution in [0.25, 0.3) is 0 Å². The lowest BCUT2D eigenvalue weighted by Crippen LogP contribution is -2.13. The second kappa shape index (κ2) is 4.97. The Kier molecular flexibility index (Phi) is 3.53. The van der Waals surface area contributed by atoms with Crippen molar-refractivity contribution in [2.75, 3.05) is 4.72 Å². The van der Waals surface area contributed by atoms with Crippen molar-refractivity contribution in [3.8, 4) is 0 Å². The van der Waals surface area contributed by atoms with Gasteiger partial charge in [0, 0.05) is 5.38 Å². The van der Waals surface area contributed by atoms with E-state index in [-0.39, 0.29) is 10.0 Å². The Hall–Kier alpha value is -1.94. The maximum atomic E-state index is 12.0. The summed E-state index contributed by atoms with van der Waals surface area (Å²) in [6.45, 7) is 3.17. The Bertz CT molecular complexity index is 716. The van der Waals surface area contributed by atoms with E-state index in [4.69, 9.17) is 5.21 Å². The van der Waals surface area contributed by atoms with Crippen LogP contribution in [0.4, 0.5) is 5.13 Å². The van der Waals surface area contributed by atoms with Gasteiger partial charge in [0.2, 0.25) is 0 Å². The number of aryl methyl sites for hydroxylation is 1. The molecule has 0 saturated carbocycles. The molecule has 2 heterocycles. The van der Waals surface area contributed by atoms with Crippen LogP contribution in [-0.2, 0) is 10.0 Å². The van der Waals surface area contributed by atoms with E-state index in [1.807, 2.05) is 0 Å². The first-order valence-electron chi connectivity index (χ1n) is 5.11. The van der Waals surface area contributed by atoms with Crippen LogP contribution < -0.4 is 4.72 Å². The number of H-pyrrole nitrogens is 1. The molecule has 8 nitrogen and oxygen atoms in total. The number of thiazole rings is 1. The predicted octanol–water partition coefficient (Wildman–Crippen LogP) is 1.17. The van der Waals surface area contributed by atoms with Crippen molar-refractivity contribution in [3.63, 3.8) is 0 Å². The van der Waals surface area contributed by atoms with E-state index < -0.39 is 10.0 Å². The topological polar surface area (TPSA) is 120 Å². The van der Waals surface area contributed by atoms with Crippen molar-refractivity contribution in [2.45, 2.75) is 18.7 Å². The first-order chi connectivity index (χ1) is 8.94. The highest BCUT2D eigenvalue weighted by molar-refractivity contribution is 7.93. The zero-order valence-corrected chi connectivity index (χ0v) is 11.7. The molecule has 10 heteroatoms. The van der Waals surface area contributed by atoms with Crippen LogP contribution in [-0.4, -0.2) is 34.5 Å². The van der Waals surface area contributed by atoms with Crippen molar-refractivity contribution in [3.05, 3.63) is 23.0 Å². The molecule has 0 saturated heterocycles. The molecular formula is C9H11N5O3S2. The Morgan fingerprint density at radius 3 is 2.89 bits per heavy atom. The largest absolute Gasteiger partial charge is 0.411 e. The van der Waals surface area contributed by atoms with Crippen LogP contribution in [0.1, 0.15) is 18.3 Å². The van der Waals surface area contributed by atoms with E-state index >= 15 is 0 Å². The monoisotopic (exact) mass is 301 g/mol. The zero-order chi connectivity index (χ0) is 14.0. The van der Waals surface area contributed by atoms with Crippen LogP contribution in [0.15, 0.2) is 21.6 Å². The molecule has 0 amide bonds. The van der Waals surface area contributed by atoms with Crippen molar-refractivity contribution in [1.29, 1.82) is 0 Å². The average Bonchev–Trinajstić information content (AvgIpc) is 2.96. The number of hydrogen-bond acceptors (Lipinski definition) is 7. The fraction of sp³-hybridized carbons (Fsp3) is 0.222. The number of aromatic amines is 1. The molecule has 0 aromatic carbocycles. The molecule has 0 fully saturated rings. The predicted molar refractivity (Wildman–Crippen MR) is 70.2 cm³/mol. The summed E-state index contributed by atoms with van der Waals surface area (Å²) in [4.78, 5) is 4.08. The smallest absolute Gasteiger partial charge is 0.267 e. The van der Waals surface area contributed by atoms with Crippen LogP contribution in [0.5, 0.6) is 0 Å². The van der Waals surface area contributed by atoms with Crippen LogP contribution in [0.3, 0.4) is 0 Å². The molecule has 0 unspecified atom stereocenters. The molecule has 2 rings (SSSR count). The molecule has 0 aliphatic carbocycles. The summed E-state index contributed by atoms with van der Waals surface area (Å²) in [7, 11) is -3.72. The third-order valence-electron chi connectivity index (χ3n) is 2.32. The summed E-state index contributed by atoms with van der Waals surface area (Å²) < 4.78 is 26.4. The van der Waals surface area contributed by atoms with Crippen LogP contribution >= 0.6 is 11.3 Å². The molecule has 0 aliphatic rings. The maximum Gasteiger partial charge on any atom is 0.267 e. The van der Waals surface area contributed by atoms with E-state index in [9.17, 15) is 8.42 Å². The van der Waals surface area contributed by atoms with Gasteiger partial charge < -0.3 is 5.21 Å². The Morgan fingerprint density at radius 2 is 2.32 bits per heavy atom. The average molecular weight is 301 g/mol. The molecule has 0 atom stereocenters. The third kappa shape index (κ3) is 2.74. The van der Waals surface area contributed by atoms with Gasteiger partial charge in [0.05, 0.1) is 11.9 Å². The number of hydrogen-bond donors (Lipinski definition) is 3. The second-order valence-electron chi connectivity index (χ2n) is 3.69. The molecule has 2 aromatic heterocycles. The molecule has 2 aromatic rings. The van der Waals surface area contributed by atoms with E-state index in [1.54, 1.807) is 19.2 Å². The van der Waals surface area contributed by atoms with Crippen molar-refractivity contribution in [1.82, 2.24) is 15.2 Å². The summed E-state index contributed by atoms with van der Waals surface area (Å²) >= 11 is 1.10. The standard InChI is InChI=1S/C9H11N5O3S2/c1-5(13-15)7-4-18-9(11-7)14-19(16,17)8-3-10-12-6(8)2/h3-4,15H,1-2H3,(H,10,12)(H,11,14). The van der Waals surface area contributed by atoms with E-state index in [0.29, 0.717) is 17.1 Å². The Labute approximate surface area is 113 Å². The van der Waals surface area contributed by atoms with Gasteiger partial charge >= 0.3 is 0 Å². The SMILES string of the molecule is CC(=NO)c1csc(NS(=O)(=O)c2cn[nH]c2C)n1. The highest BCUT2D eigenvalue weighted by Crippen LogP contribution is 2.21. The number of aromatic nitrogens is 3. The number of sulfonamides is 1. The van der Waals surface area contributed by atoms with Gasteiger partial charge in [-0.05, 0) is 13.8 Å². The number of anilines is 1. The lowest BCUT2D eigenvalue weighted by Gasteiger charge is -2.02. The summed E-state index contributed by atoms with van der Waals surface area (Å²) in [6, 6.07) is 0. The van der Waals surface area contributed by atoms with Gasteiger partial charge in [-0.1, -0.05) is 5.16 Å². The highest BCUT2D eigenvalue weighted by atomic mass is 32.2.